The number of hydrogen-bond acceptors (Lipinski definition) is 3. The molecule has 0 atom stereocenters. The van der Waals surface area contributed by atoms with Gasteiger partial charge in [0.25, 0.3) is 0 Å². The van der Waals surface area contributed by atoms with Crippen LogP contribution in [0.1, 0.15) is 0 Å². The summed E-state index contributed by atoms with van der Waals surface area (Å²) in [5.41, 5.74) is 9.00. The number of nitrogens with zero attached hydrogens (tertiary/aromatic N) is 2. The van der Waals surface area contributed by atoms with E-state index in [1.165, 1.54) is 0 Å². The molecule has 0 unspecified atom stereocenters. The molecule has 3 rings (SSSR count). The summed E-state index contributed by atoms with van der Waals surface area (Å²) in [6.07, 6.45) is 1.74. The standard InChI is InChI=1S/C12H9BrN4/c13-8-5-10-12(15-6-8)17-11(16-10)7-1-3-9(14)4-2-7/h1-6H,14H2,(H,15,16,17). The fourth-order valence-corrected chi connectivity index (χ4v) is 1.97. The molecule has 0 saturated heterocycles. The second-order valence-electron chi connectivity index (χ2n) is 3.73. The topological polar surface area (TPSA) is 67.6 Å². The van der Waals surface area contributed by atoms with Crippen LogP contribution in [-0.2, 0) is 0 Å². The van der Waals surface area contributed by atoms with Crippen LogP contribution in [0, 0.1) is 0 Å². The van der Waals surface area contributed by atoms with Crippen LogP contribution < -0.4 is 5.73 Å². The number of imidazole rings is 1. The summed E-state index contributed by atoms with van der Waals surface area (Å²) >= 11 is 3.37. The quantitative estimate of drug-likeness (QED) is 0.677. The first-order chi connectivity index (χ1) is 8.22. The molecule has 17 heavy (non-hydrogen) atoms. The molecular weight excluding hydrogens is 280 g/mol. The normalized spacial score (nSPS) is 10.9. The van der Waals surface area contributed by atoms with Crippen molar-refractivity contribution in [1.82, 2.24) is 15.0 Å². The van der Waals surface area contributed by atoms with E-state index in [2.05, 4.69) is 30.9 Å². The number of hydrogen-bond donors (Lipinski definition) is 2. The molecule has 0 saturated carbocycles. The van der Waals surface area contributed by atoms with Crippen molar-refractivity contribution < 1.29 is 0 Å². The van der Waals surface area contributed by atoms with Crippen LogP contribution in [0.4, 0.5) is 5.69 Å². The van der Waals surface area contributed by atoms with Gasteiger partial charge in [-0.05, 0) is 46.3 Å². The molecule has 0 aliphatic carbocycles. The summed E-state index contributed by atoms with van der Waals surface area (Å²) in [5, 5.41) is 0. The zero-order valence-electron chi connectivity index (χ0n) is 8.81. The zero-order chi connectivity index (χ0) is 11.8. The highest BCUT2D eigenvalue weighted by molar-refractivity contribution is 9.10. The summed E-state index contributed by atoms with van der Waals surface area (Å²) in [5.74, 6) is 0.797. The molecule has 2 heterocycles. The lowest BCUT2D eigenvalue weighted by Crippen LogP contribution is -1.84. The number of anilines is 1. The van der Waals surface area contributed by atoms with Crippen LogP contribution in [0.3, 0.4) is 0 Å². The van der Waals surface area contributed by atoms with Gasteiger partial charge in [0.2, 0.25) is 0 Å². The summed E-state index contributed by atoms with van der Waals surface area (Å²) in [7, 11) is 0. The molecule has 4 nitrogen and oxygen atoms in total. The van der Waals surface area contributed by atoms with Gasteiger partial charge in [0.1, 0.15) is 11.3 Å². The number of halogens is 1. The first-order valence-corrected chi connectivity index (χ1v) is 5.89. The minimum atomic E-state index is 0.741. The van der Waals surface area contributed by atoms with Crippen molar-refractivity contribution in [3.05, 3.63) is 41.0 Å². The van der Waals surface area contributed by atoms with Gasteiger partial charge in [-0.25, -0.2) is 9.97 Å². The highest BCUT2D eigenvalue weighted by atomic mass is 79.9. The Bertz CT molecular complexity index is 673. The van der Waals surface area contributed by atoms with E-state index in [4.69, 9.17) is 5.73 Å². The van der Waals surface area contributed by atoms with Crippen LogP contribution in [-0.4, -0.2) is 15.0 Å². The van der Waals surface area contributed by atoms with Gasteiger partial charge < -0.3 is 10.7 Å². The monoisotopic (exact) mass is 288 g/mol. The lowest BCUT2D eigenvalue weighted by Gasteiger charge is -1.96. The van der Waals surface area contributed by atoms with E-state index >= 15 is 0 Å². The molecule has 0 spiro atoms. The summed E-state index contributed by atoms with van der Waals surface area (Å²) < 4.78 is 0.917. The Balaban J connectivity index is 2.14. The molecule has 0 aliphatic rings. The molecule has 0 bridgehead atoms. The molecule has 84 valence electrons. The molecule has 2 aromatic heterocycles. The number of aromatic amines is 1. The second kappa shape index (κ2) is 3.85. The largest absolute Gasteiger partial charge is 0.399 e. The Hall–Kier alpha value is -1.88. The first-order valence-electron chi connectivity index (χ1n) is 5.09. The highest BCUT2D eigenvalue weighted by Crippen LogP contribution is 2.22. The molecule has 1 aromatic carbocycles. The van der Waals surface area contributed by atoms with E-state index in [1.54, 1.807) is 6.20 Å². The van der Waals surface area contributed by atoms with E-state index in [0.717, 1.165) is 32.7 Å². The van der Waals surface area contributed by atoms with Crippen LogP contribution in [0.15, 0.2) is 41.0 Å². The van der Waals surface area contributed by atoms with Gasteiger partial charge in [0.15, 0.2) is 5.65 Å². The number of nitrogens with two attached hydrogens (primary N) is 1. The number of pyridine rings is 1. The Kier molecular flexibility index (Phi) is 2.33. The lowest BCUT2D eigenvalue weighted by atomic mass is 10.2. The Morgan fingerprint density at radius 1 is 1.18 bits per heavy atom. The lowest BCUT2D eigenvalue weighted by molar-refractivity contribution is 1.30. The molecular formula is C12H9BrN4. The van der Waals surface area contributed by atoms with Crippen LogP contribution in [0.2, 0.25) is 0 Å². The van der Waals surface area contributed by atoms with Gasteiger partial charge in [-0.2, -0.15) is 0 Å². The Morgan fingerprint density at radius 3 is 2.71 bits per heavy atom. The summed E-state index contributed by atoms with van der Waals surface area (Å²) in [6.45, 7) is 0. The molecule has 0 radical (unpaired) electrons. The van der Waals surface area contributed by atoms with Crippen molar-refractivity contribution in [3.63, 3.8) is 0 Å². The van der Waals surface area contributed by atoms with Gasteiger partial charge in [0, 0.05) is 21.9 Å². The predicted molar refractivity (Wildman–Crippen MR) is 71.4 cm³/mol. The van der Waals surface area contributed by atoms with Crippen molar-refractivity contribution in [2.45, 2.75) is 0 Å². The van der Waals surface area contributed by atoms with E-state index in [1.807, 2.05) is 30.3 Å². The maximum atomic E-state index is 5.65. The first kappa shape index (κ1) is 10.3. The Morgan fingerprint density at radius 2 is 1.94 bits per heavy atom. The number of nitrogens with one attached hydrogen (secondary N) is 1. The minimum Gasteiger partial charge on any atom is -0.399 e. The zero-order valence-corrected chi connectivity index (χ0v) is 10.4. The summed E-state index contributed by atoms with van der Waals surface area (Å²) in [6, 6.07) is 9.50. The predicted octanol–water partition coefficient (Wildman–Crippen LogP) is 2.97. The molecule has 0 fully saturated rings. The molecule has 3 aromatic rings. The number of rotatable bonds is 1. The minimum absolute atomic E-state index is 0.741. The second-order valence-corrected chi connectivity index (χ2v) is 4.64. The van der Waals surface area contributed by atoms with Gasteiger partial charge in [0.05, 0.1) is 0 Å². The fourth-order valence-electron chi connectivity index (χ4n) is 1.65. The van der Waals surface area contributed by atoms with E-state index in [9.17, 15) is 0 Å². The van der Waals surface area contributed by atoms with Crippen LogP contribution in [0.25, 0.3) is 22.6 Å². The van der Waals surface area contributed by atoms with Gasteiger partial charge in [-0.3, -0.25) is 0 Å². The third-order valence-corrected chi connectivity index (χ3v) is 2.92. The van der Waals surface area contributed by atoms with Crippen molar-refractivity contribution in [1.29, 1.82) is 0 Å². The van der Waals surface area contributed by atoms with E-state index < -0.39 is 0 Å². The number of H-pyrrole nitrogens is 1. The maximum Gasteiger partial charge on any atom is 0.157 e. The molecule has 0 aliphatic heterocycles. The van der Waals surface area contributed by atoms with Crippen molar-refractivity contribution in [3.8, 4) is 11.4 Å². The molecule has 0 amide bonds. The highest BCUT2D eigenvalue weighted by Gasteiger charge is 2.06. The van der Waals surface area contributed by atoms with Crippen LogP contribution >= 0.6 is 15.9 Å². The van der Waals surface area contributed by atoms with Gasteiger partial charge >= 0.3 is 0 Å². The average molecular weight is 289 g/mol. The number of aromatic nitrogens is 3. The van der Waals surface area contributed by atoms with E-state index in [0.29, 0.717) is 0 Å². The fraction of sp³-hybridized carbons (Fsp3) is 0. The Labute approximate surface area is 106 Å². The number of nitrogen functional groups attached to an aromatic ring is 1. The number of fused-ring (bicyclic) bond motifs is 1. The summed E-state index contributed by atoms with van der Waals surface area (Å²) in [4.78, 5) is 11.9. The molecule has 3 N–H and O–H groups in total. The average Bonchev–Trinajstić information content (AvgIpc) is 2.72. The van der Waals surface area contributed by atoms with E-state index in [-0.39, 0.29) is 0 Å². The van der Waals surface area contributed by atoms with Gasteiger partial charge in [-0.15, -0.1) is 0 Å². The van der Waals surface area contributed by atoms with Crippen molar-refractivity contribution in [2.24, 2.45) is 0 Å². The third-order valence-electron chi connectivity index (χ3n) is 2.49. The van der Waals surface area contributed by atoms with Gasteiger partial charge in [-0.1, -0.05) is 0 Å². The SMILES string of the molecule is Nc1ccc(-c2nc3cc(Br)cnc3[nH]2)cc1. The third kappa shape index (κ3) is 1.89. The smallest absolute Gasteiger partial charge is 0.157 e. The maximum absolute atomic E-state index is 5.65. The van der Waals surface area contributed by atoms with Crippen LogP contribution in [0.5, 0.6) is 0 Å². The van der Waals surface area contributed by atoms with Crippen molar-refractivity contribution >= 4 is 32.8 Å². The number of benzene rings is 1. The molecule has 5 heteroatoms. The van der Waals surface area contributed by atoms with Crippen molar-refractivity contribution in [2.75, 3.05) is 5.73 Å².